The Hall–Kier alpha value is -2.04. The zero-order chi connectivity index (χ0) is 13.8. The molecule has 19 heavy (non-hydrogen) atoms. The molecule has 2 rings (SSSR count). The number of hydrogen-bond acceptors (Lipinski definition) is 4. The summed E-state index contributed by atoms with van der Waals surface area (Å²) in [5.41, 5.74) is 0.803. The lowest BCUT2D eigenvalue weighted by Crippen LogP contribution is -2.26. The van der Waals surface area contributed by atoms with E-state index in [2.05, 4.69) is 4.74 Å². The molecule has 0 spiro atoms. The normalized spacial score (nSPS) is 16.3. The van der Waals surface area contributed by atoms with E-state index >= 15 is 0 Å². The number of hydrogen-bond donors (Lipinski definition) is 0. The number of methoxy groups -OCH3 is 1. The summed E-state index contributed by atoms with van der Waals surface area (Å²) >= 11 is 0. The maximum absolute atomic E-state index is 11.7. The second kappa shape index (κ2) is 5.73. The molecule has 0 saturated carbocycles. The third-order valence-electron chi connectivity index (χ3n) is 3.05. The van der Waals surface area contributed by atoms with E-state index in [-0.39, 0.29) is 5.91 Å². The molecule has 1 fully saturated rings. The molecule has 1 atom stereocenters. The van der Waals surface area contributed by atoms with Gasteiger partial charge in [0.05, 0.1) is 7.11 Å². The van der Waals surface area contributed by atoms with E-state index in [1.54, 1.807) is 30.0 Å². The number of benzene rings is 1. The molecule has 0 aromatic heterocycles. The van der Waals surface area contributed by atoms with Crippen molar-refractivity contribution >= 4 is 17.6 Å². The Morgan fingerprint density at radius 3 is 2.84 bits per heavy atom. The van der Waals surface area contributed by atoms with Crippen LogP contribution in [0.3, 0.4) is 0 Å². The Labute approximate surface area is 112 Å². The van der Waals surface area contributed by atoms with Crippen LogP contribution in [0.4, 0.5) is 5.69 Å². The van der Waals surface area contributed by atoms with Crippen LogP contribution in [0.2, 0.25) is 0 Å². The van der Waals surface area contributed by atoms with Crippen LogP contribution >= 0.6 is 0 Å². The summed E-state index contributed by atoms with van der Waals surface area (Å²) in [7, 11) is 1.32. The second-order valence-corrected chi connectivity index (χ2v) is 4.43. The highest BCUT2D eigenvalue weighted by atomic mass is 16.6. The van der Waals surface area contributed by atoms with Crippen LogP contribution in [-0.2, 0) is 14.3 Å². The first kappa shape index (κ1) is 13.4. The van der Waals surface area contributed by atoms with Gasteiger partial charge < -0.3 is 14.4 Å². The van der Waals surface area contributed by atoms with E-state index < -0.39 is 12.1 Å². The maximum atomic E-state index is 11.7. The van der Waals surface area contributed by atoms with Crippen LogP contribution in [0.5, 0.6) is 5.75 Å². The van der Waals surface area contributed by atoms with E-state index in [0.717, 1.165) is 18.7 Å². The van der Waals surface area contributed by atoms with Crippen LogP contribution in [0.25, 0.3) is 0 Å². The summed E-state index contributed by atoms with van der Waals surface area (Å²) in [6, 6.07) is 7.19. The van der Waals surface area contributed by atoms with Gasteiger partial charge in [-0.3, -0.25) is 4.79 Å². The quantitative estimate of drug-likeness (QED) is 0.777. The highest BCUT2D eigenvalue weighted by Crippen LogP contribution is 2.25. The smallest absolute Gasteiger partial charge is 0.346 e. The van der Waals surface area contributed by atoms with Gasteiger partial charge in [0.25, 0.3) is 0 Å². The van der Waals surface area contributed by atoms with Gasteiger partial charge in [0.15, 0.2) is 6.10 Å². The Kier molecular flexibility index (Phi) is 4.04. The minimum Gasteiger partial charge on any atom is -0.479 e. The van der Waals surface area contributed by atoms with E-state index in [9.17, 15) is 9.59 Å². The average Bonchev–Trinajstić information content (AvgIpc) is 2.84. The molecule has 1 aromatic carbocycles. The molecule has 102 valence electrons. The SMILES string of the molecule is COC(=O)[C@@H](C)Oc1cccc(N2CCCC2=O)c1. The standard InChI is InChI=1S/C14H17NO4/c1-10(14(17)18-2)19-12-6-3-5-11(9-12)15-8-4-7-13(15)16/h3,5-6,9-10H,4,7-8H2,1-2H3/t10-/m1/s1. The van der Waals surface area contributed by atoms with Gasteiger partial charge >= 0.3 is 5.97 Å². The molecule has 0 unspecified atom stereocenters. The van der Waals surface area contributed by atoms with Crippen molar-refractivity contribution in [3.63, 3.8) is 0 Å². The summed E-state index contributed by atoms with van der Waals surface area (Å²) in [6.07, 6.45) is 0.793. The van der Waals surface area contributed by atoms with Crippen molar-refractivity contribution in [1.29, 1.82) is 0 Å². The number of ether oxygens (including phenoxy) is 2. The number of esters is 1. The molecule has 0 bridgehead atoms. The maximum Gasteiger partial charge on any atom is 0.346 e. The molecule has 0 N–H and O–H groups in total. The molecular weight excluding hydrogens is 246 g/mol. The van der Waals surface area contributed by atoms with Crippen molar-refractivity contribution in [2.75, 3.05) is 18.6 Å². The topological polar surface area (TPSA) is 55.8 Å². The molecule has 0 radical (unpaired) electrons. The van der Waals surface area contributed by atoms with Crippen LogP contribution in [0.15, 0.2) is 24.3 Å². The monoisotopic (exact) mass is 263 g/mol. The highest BCUT2D eigenvalue weighted by Gasteiger charge is 2.22. The average molecular weight is 263 g/mol. The van der Waals surface area contributed by atoms with Crippen LogP contribution < -0.4 is 9.64 Å². The van der Waals surface area contributed by atoms with Crippen molar-refractivity contribution in [2.45, 2.75) is 25.9 Å². The lowest BCUT2D eigenvalue weighted by atomic mass is 10.2. The largest absolute Gasteiger partial charge is 0.479 e. The van der Waals surface area contributed by atoms with Crippen LogP contribution in [0, 0.1) is 0 Å². The third-order valence-corrected chi connectivity index (χ3v) is 3.05. The first-order chi connectivity index (χ1) is 9.11. The summed E-state index contributed by atoms with van der Waals surface area (Å²) in [5.74, 6) is 0.246. The van der Waals surface area contributed by atoms with Gasteiger partial charge in [-0.15, -0.1) is 0 Å². The Balaban J connectivity index is 2.11. The lowest BCUT2D eigenvalue weighted by Gasteiger charge is -2.18. The third kappa shape index (κ3) is 3.05. The van der Waals surface area contributed by atoms with Gasteiger partial charge in [-0.1, -0.05) is 6.07 Å². The summed E-state index contributed by atoms with van der Waals surface area (Å²) in [5, 5.41) is 0. The summed E-state index contributed by atoms with van der Waals surface area (Å²) in [4.78, 5) is 24.7. The van der Waals surface area contributed by atoms with Crippen molar-refractivity contribution in [2.24, 2.45) is 0 Å². The molecule has 0 aliphatic carbocycles. The Morgan fingerprint density at radius 2 is 2.21 bits per heavy atom. The van der Waals surface area contributed by atoms with E-state index in [1.807, 2.05) is 6.07 Å². The van der Waals surface area contributed by atoms with Gasteiger partial charge in [0, 0.05) is 24.7 Å². The van der Waals surface area contributed by atoms with Crippen LogP contribution in [0.1, 0.15) is 19.8 Å². The fourth-order valence-corrected chi connectivity index (χ4v) is 2.06. The summed E-state index contributed by atoms with van der Waals surface area (Å²) in [6.45, 7) is 2.36. The fourth-order valence-electron chi connectivity index (χ4n) is 2.06. The van der Waals surface area contributed by atoms with E-state index in [0.29, 0.717) is 12.2 Å². The van der Waals surface area contributed by atoms with Gasteiger partial charge in [-0.25, -0.2) is 4.79 Å². The van der Waals surface area contributed by atoms with Gasteiger partial charge in [-0.2, -0.15) is 0 Å². The first-order valence-electron chi connectivity index (χ1n) is 6.26. The highest BCUT2D eigenvalue weighted by molar-refractivity contribution is 5.95. The van der Waals surface area contributed by atoms with E-state index in [4.69, 9.17) is 4.74 Å². The van der Waals surface area contributed by atoms with E-state index in [1.165, 1.54) is 7.11 Å². The predicted molar refractivity (Wildman–Crippen MR) is 70.1 cm³/mol. The van der Waals surface area contributed by atoms with Crippen molar-refractivity contribution in [3.05, 3.63) is 24.3 Å². The second-order valence-electron chi connectivity index (χ2n) is 4.43. The Bertz CT molecular complexity index is 486. The first-order valence-corrected chi connectivity index (χ1v) is 6.26. The molecular formula is C14H17NO4. The molecule has 1 saturated heterocycles. The van der Waals surface area contributed by atoms with Crippen molar-refractivity contribution in [3.8, 4) is 5.75 Å². The van der Waals surface area contributed by atoms with Crippen molar-refractivity contribution < 1.29 is 19.1 Å². The number of anilines is 1. The fraction of sp³-hybridized carbons (Fsp3) is 0.429. The Morgan fingerprint density at radius 1 is 1.42 bits per heavy atom. The molecule has 1 aromatic rings. The number of rotatable bonds is 4. The minimum atomic E-state index is -0.672. The van der Waals surface area contributed by atoms with Crippen LogP contribution in [-0.4, -0.2) is 31.6 Å². The van der Waals surface area contributed by atoms with Gasteiger partial charge in [0.1, 0.15) is 5.75 Å². The van der Waals surface area contributed by atoms with Gasteiger partial charge in [-0.05, 0) is 25.5 Å². The molecule has 1 aliphatic rings. The number of carbonyl (C=O) groups is 2. The molecule has 1 amide bonds. The number of nitrogens with zero attached hydrogens (tertiary/aromatic N) is 1. The molecule has 5 nitrogen and oxygen atoms in total. The number of carbonyl (C=O) groups excluding carboxylic acids is 2. The molecule has 1 heterocycles. The number of amides is 1. The lowest BCUT2D eigenvalue weighted by molar-refractivity contribution is -0.147. The predicted octanol–water partition coefficient (Wildman–Crippen LogP) is 1.75. The molecule has 1 aliphatic heterocycles. The summed E-state index contributed by atoms with van der Waals surface area (Å²) < 4.78 is 10.1. The zero-order valence-corrected chi connectivity index (χ0v) is 11.1. The van der Waals surface area contributed by atoms with Crippen molar-refractivity contribution in [1.82, 2.24) is 0 Å². The zero-order valence-electron chi connectivity index (χ0n) is 11.1. The minimum absolute atomic E-state index is 0.123. The van der Waals surface area contributed by atoms with Gasteiger partial charge in [0.2, 0.25) is 5.91 Å². The molecule has 5 heteroatoms.